The van der Waals surface area contributed by atoms with Crippen molar-refractivity contribution in [2.75, 3.05) is 39.6 Å². The highest BCUT2D eigenvalue weighted by Gasteiger charge is 2.30. The van der Waals surface area contributed by atoms with Crippen molar-refractivity contribution in [2.24, 2.45) is 11.8 Å². The molecule has 0 heterocycles. The zero-order valence-electron chi connectivity index (χ0n) is 53.5. The van der Waals surface area contributed by atoms with Crippen LogP contribution in [-0.2, 0) is 65.4 Å². The van der Waals surface area contributed by atoms with Crippen molar-refractivity contribution in [3.8, 4) is 0 Å². The van der Waals surface area contributed by atoms with E-state index in [0.29, 0.717) is 25.7 Å². The summed E-state index contributed by atoms with van der Waals surface area (Å²) in [5, 5.41) is 10.5. The van der Waals surface area contributed by atoms with Crippen LogP contribution in [0.15, 0.2) is 0 Å². The third kappa shape index (κ3) is 57.6. The molecular formula is C64H124O17P2. The number of aliphatic hydroxyl groups is 1. The molecule has 83 heavy (non-hydrogen) atoms. The summed E-state index contributed by atoms with van der Waals surface area (Å²) in [6.45, 7) is 9.39. The minimum absolute atomic E-state index is 0.105. The number of unbranched alkanes of at least 4 members (excludes halogenated alkanes) is 32. The molecule has 0 bridgehead atoms. The highest BCUT2D eigenvalue weighted by molar-refractivity contribution is 7.47. The summed E-state index contributed by atoms with van der Waals surface area (Å²) in [6.07, 6.45) is 39.3. The van der Waals surface area contributed by atoms with Gasteiger partial charge >= 0.3 is 39.5 Å². The smallest absolute Gasteiger partial charge is 0.462 e. The second-order valence-corrected chi connectivity index (χ2v) is 26.8. The van der Waals surface area contributed by atoms with E-state index in [0.717, 1.165) is 115 Å². The Morgan fingerprint density at radius 3 is 0.916 bits per heavy atom. The van der Waals surface area contributed by atoms with Crippen LogP contribution in [-0.4, -0.2) is 96.7 Å². The van der Waals surface area contributed by atoms with Crippen molar-refractivity contribution in [2.45, 2.75) is 336 Å². The Labute approximate surface area is 505 Å². The quantitative estimate of drug-likeness (QED) is 0.0222. The first-order valence-electron chi connectivity index (χ1n) is 33.5. The molecule has 0 aliphatic heterocycles. The van der Waals surface area contributed by atoms with E-state index in [1.165, 1.54) is 122 Å². The van der Waals surface area contributed by atoms with Crippen LogP contribution < -0.4 is 0 Å². The number of carbonyl (C=O) groups is 4. The van der Waals surface area contributed by atoms with Crippen molar-refractivity contribution in [1.29, 1.82) is 0 Å². The molecule has 0 amide bonds. The van der Waals surface area contributed by atoms with Gasteiger partial charge in [-0.25, -0.2) is 9.13 Å². The van der Waals surface area contributed by atoms with E-state index in [-0.39, 0.29) is 25.7 Å². The van der Waals surface area contributed by atoms with Gasteiger partial charge in [0.1, 0.15) is 19.3 Å². The Kier molecular flexibility index (Phi) is 55.2. The average molecular weight is 1230 g/mol. The molecule has 492 valence electrons. The summed E-state index contributed by atoms with van der Waals surface area (Å²) >= 11 is 0. The van der Waals surface area contributed by atoms with Crippen molar-refractivity contribution in [3.63, 3.8) is 0 Å². The Morgan fingerprint density at radius 2 is 0.614 bits per heavy atom. The number of hydrogen-bond donors (Lipinski definition) is 3. The van der Waals surface area contributed by atoms with Gasteiger partial charge in [-0.3, -0.25) is 37.3 Å². The van der Waals surface area contributed by atoms with Gasteiger partial charge in [0, 0.05) is 25.7 Å². The lowest BCUT2D eigenvalue weighted by atomic mass is 10.00. The molecule has 19 heteroatoms. The molecule has 0 aromatic carbocycles. The monoisotopic (exact) mass is 1230 g/mol. The van der Waals surface area contributed by atoms with Gasteiger partial charge in [-0.05, 0) is 37.5 Å². The number of esters is 4. The van der Waals surface area contributed by atoms with E-state index in [1.54, 1.807) is 0 Å². The van der Waals surface area contributed by atoms with Gasteiger partial charge in [0.05, 0.1) is 26.4 Å². The minimum atomic E-state index is -4.94. The molecule has 3 N–H and O–H groups in total. The van der Waals surface area contributed by atoms with E-state index in [1.807, 2.05) is 0 Å². The van der Waals surface area contributed by atoms with Gasteiger partial charge in [-0.15, -0.1) is 0 Å². The first-order valence-corrected chi connectivity index (χ1v) is 36.5. The predicted molar refractivity (Wildman–Crippen MR) is 331 cm³/mol. The largest absolute Gasteiger partial charge is 0.472 e. The lowest BCUT2D eigenvalue weighted by Gasteiger charge is -2.21. The van der Waals surface area contributed by atoms with Crippen molar-refractivity contribution in [1.82, 2.24) is 0 Å². The summed E-state index contributed by atoms with van der Waals surface area (Å²) in [4.78, 5) is 71.9. The zero-order chi connectivity index (χ0) is 61.5. The van der Waals surface area contributed by atoms with E-state index in [2.05, 4.69) is 41.5 Å². The minimum Gasteiger partial charge on any atom is -0.462 e. The van der Waals surface area contributed by atoms with Crippen LogP contribution in [0.3, 0.4) is 0 Å². The molecule has 6 atom stereocenters. The van der Waals surface area contributed by atoms with Crippen LogP contribution in [0, 0.1) is 11.8 Å². The first-order chi connectivity index (χ1) is 39.9. The van der Waals surface area contributed by atoms with Crippen molar-refractivity contribution >= 4 is 39.5 Å². The van der Waals surface area contributed by atoms with Crippen LogP contribution >= 0.6 is 15.6 Å². The molecule has 0 radical (unpaired) electrons. The maximum Gasteiger partial charge on any atom is 0.472 e. The lowest BCUT2D eigenvalue weighted by Crippen LogP contribution is -2.30. The van der Waals surface area contributed by atoms with Crippen LogP contribution in [0.5, 0.6) is 0 Å². The number of phosphoric acid groups is 2. The molecule has 3 unspecified atom stereocenters. The number of carbonyl (C=O) groups excluding carboxylic acids is 4. The second-order valence-electron chi connectivity index (χ2n) is 23.9. The van der Waals surface area contributed by atoms with E-state index < -0.39 is 97.5 Å². The first kappa shape index (κ1) is 81.1. The van der Waals surface area contributed by atoms with Crippen molar-refractivity contribution < 1.29 is 80.2 Å². The van der Waals surface area contributed by atoms with Gasteiger partial charge in [0.2, 0.25) is 0 Å². The van der Waals surface area contributed by atoms with Crippen LogP contribution in [0.4, 0.5) is 0 Å². The molecule has 0 aromatic rings. The summed E-state index contributed by atoms with van der Waals surface area (Å²) in [7, 11) is -9.88. The molecule has 0 rings (SSSR count). The number of aliphatic hydroxyl groups excluding tert-OH is 1. The standard InChI is InChI=1S/C64H124O17P2/c1-7-10-12-14-15-16-25-28-36-42-48-63(68)80-59(52-74-61(66)46-40-32-13-11-8-2)54-78-82(70,71)76-50-58(65)51-77-83(72,73)79-55-60(53-75-62(67)47-41-35-31-30-34-39-45-57(6)9-3)81-64(69)49-43-37-29-26-23-21-19-17-18-20-22-24-27-33-38-44-56(4)5/h56-60,65H,7-55H2,1-6H3,(H,70,71)(H,72,73)/t57?,58-,59+,60+/m0/s1. The zero-order valence-corrected chi connectivity index (χ0v) is 55.3. The number of hydrogen-bond acceptors (Lipinski definition) is 15. The third-order valence-electron chi connectivity index (χ3n) is 15.1. The Hall–Kier alpha value is -1.94. The second kappa shape index (κ2) is 56.6. The van der Waals surface area contributed by atoms with Gasteiger partial charge in [-0.1, -0.05) is 266 Å². The molecule has 0 saturated carbocycles. The Balaban J connectivity index is 5.13. The van der Waals surface area contributed by atoms with Gasteiger partial charge in [0.25, 0.3) is 0 Å². The van der Waals surface area contributed by atoms with Crippen LogP contribution in [0.25, 0.3) is 0 Å². The molecule has 0 aromatic heterocycles. The average Bonchev–Trinajstić information content (AvgIpc) is 3.46. The molecule has 0 saturated heterocycles. The maximum absolute atomic E-state index is 13.0. The fourth-order valence-corrected chi connectivity index (χ4v) is 11.1. The number of rotatable bonds is 63. The maximum atomic E-state index is 13.0. The van der Waals surface area contributed by atoms with E-state index >= 15 is 0 Å². The molecule has 0 spiro atoms. The number of ether oxygens (including phenoxy) is 4. The topological polar surface area (TPSA) is 237 Å². The Bertz CT molecular complexity index is 1630. The summed E-state index contributed by atoms with van der Waals surface area (Å²) < 4.78 is 67.8. The summed E-state index contributed by atoms with van der Waals surface area (Å²) in [6, 6.07) is 0. The molecule has 17 nitrogen and oxygen atoms in total. The van der Waals surface area contributed by atoms with Gasteiger partial charge < -0.3 is 33.8 Å². The molecule has 0 aliphatic carbocycles. The van der Waals surface area contributed by atoms with E-state index in [4.69, 9.17) is 37.0 Å². The van der Waals surface area contributed by atoms with Gasteiger partial charge in [0.15, 0.2) is 12.2 Å². The van der Waals surface area contributed by atoms with Crippen molar-refractivity contribution in [3.05, 3.63) is 0 Å². The Morgan fingerprint density at radius 1 is 0.349 bits per heavy atom. The van der Waals surface area contributed by atoms with Gasteiger partial charge in [-0.2, -0.15) is 0 Å². The SMILES string of the molecule is CCCCCCCCCCCCC(=O)O[C@H](COC(=O)CCCCCCC)COP(=O)(O)OC[C@H](O)COP(=O)(O)OC[C@@H](COC(=O)CCCCCCCCC(C)CC)OC(=O)CCCCCCCCCCCCCCCCCC(C)C. The fourth-order valence-electron chi connectivity index (χ4n) is 9.50. The van der Waals surface area contributed by atoms with E-state index in [9.17, 15) is 43.2 Å². The predicted octanol–water partition coefficient (Wildman–Crippen LogP) is 17.7. The third-order valence-corrected chi connectivity index (χ3v) is 17.0. The summed E-state index contributed by atoms with van der Waals surface area (Å²) in [5.74, 6) is -0.612. The number of phosphoric ester groups is 2. The van der Waals surface area contributed by atoms with Crippen LogP contribution in [0.1, 0.15) is 318 Å². The fraction of sp³-hybridized carbons (Fsp3) is 0.938. The highest BCUT2D eigenvalue weighted by Crippen LogP contribution is 2.45. The molecule has 0 aliphatic rings. The lowest BCUT2D eigenvalue weighted by molar-refractivity contribution is -0.161. The van der Waals surface area contributed by atoms with Crippen LogP contribution in [0.2, 0.25) is 0 Å². The highest BCUT2D eigenvalue weighted by atomic mass is 31.2. The summed E-state index contributed by atoms with van der Waals surface area (Å²) in [5.41, 5.74) is 0. The normalized spacial score (nSPS) is 14.6. The molecular weight excluding hydrogens is 1100 g/mol. The molecule has 0 fully saturated rings.